The number of carbonyl (C=O) groups excluding carboxylic acids is 1. The molecular weight excluding hydrogens is 382 g/mol. The molecule has 0 spiro atoms. The number of pyridine rings is 2. The number of morpholine rings is 1. The molecule has 156 valence electrons. The number of anilines is 1. The molecule has 1 saturated heterocycles. The zero-order valence-electron chi connectivity index (χ0n) is 16.9. The molecule has 0 unspecified atom stereocenters. The Balaban J connectivity index is 1.39. The summed E-state index contributed by atoms with van der Waals surface area (Å²) in [6.07, 6.45) is 5.63. The van der Waals surface area contributed by atoms with Crippen molar-refractivity contribution in [2.45, 2.75) is 25.9 Å². The lowest BCUT2D eigenvalue weighted by atomic mass is 10.1. The van der Waals surface area contributed by atoms with Gasteiger partial charge in [0, 0.05) is 42.5 Å². The smallest absolute Gasteiger partial charge is 0.228 e. The molecule has 1 atom stereocenters. The van der Waals surface area contributed by atoms with Gasteiger partial charge in [0.1, 0.15) is 18.5 Å². The first-order valence-electron chi connectivity index (χ1n) is 10.4. The maximum absolute atomic E-state index is 12.0. The van der Waals surface area contributed by atoms with E-state index in [9.17, 15) is 4.79 Å². The maximum atomic E-state index is 12.0. The Labute approximate surface area is 174 Å². The Morgan fingerprint density at radius 3 is 3.07 bits per heavy atom. The van der Waals surface area contributed by atoms with Crippen LogP contribution < -0.4 is 15.4 Å². The Kier molecular flexibility index (Phi) is 5.10. The van der Waals surface area contributed by atoms with Gasteiger partial charge >= 0.3 is 0 Å². The topological polar surface area (TPSA) is 89.8 Å². The van der Waals surface area contributed by atoms with Gasteiger partial charge in [-0.2, -0.15) is 5.10 Å². The Hall–Kier alpha value is -2.97. The summed E-state index contributed by atoms with van der Waals surface area (Å²) in [5, 5.41) is 10.7. The predicted octanol–water partition coefficient (Wildman–Crippen LogP) is 2.42. The molecule has 1 amide bonds. The molecule has 0 radical (unpaired) electrons. The number of carbonyl (C=O) groups is 1. The van der Waals surface area contributed by atoms with Crippen LogP contribution in [0.15, 0.2) is 36.7 Å². The number of aryl methyl sites for hydroxylation is 1. The minimum Gasteiger partial charge on any atom is -0.489 e. The second-order valence-electron chi connectivity index (χ2n) is 7.91. The molecule has 3 aromatic rings. The summed E-state index contributed by atoms with van der Waals surface area (Å²) in [5.74, 6) is 1.50. The minimum atomic E-state index is 0.0304. The molecular formula is C22H25N5O3. The lowest BCUT2D eigenvalue weighted by Crippen LogP contribution is -2.41. The Bertz CT molecular complexity index is 1070. The van der Waals surface area contributed by atoms with Crippen molar-refractivity contribution in [1.82, 2.24) is 19.9 Å². The zero-order valence-corrected chi connectivity index (χ0v) is 16.9. The molecule has 1 saturated carbocycles. The molecule has 8 nitrogen and oxygen atoms in total. The average Bonchev–Trinajstić information content (AvgIpc) is 3.54. The second kappa shape index (κ2) is 8.04. The van der Waals surface area contributed by atoms with Gasteiger partial charge in [-0.1, -0.05) is 0 Å². The molecule has 3 aromatic heterocycles. The number of fused-ring (bicyclic) bond motifs is 1. The van der Waals surface area contributed by atoms with Gasteiger partial charge in [-0.3, -0.25) is 9.78 Å². The highest BCUT2D eigenvalue weighted by Crippen LogP contribution is 2.32. The number of nitrogens with zero attached hydrogens (tertiary/aromatic N) is 3. The van der Waals surface area contributed by atoms with Crippen molar-refractivity contribution >= 4 is 17.2 Å². The van der Waals surface area contributed by atoms with Gasteiger partial charge in [0.2, 0.25) is 5.91 Å². The van der Waals surface area contributed by atoms with Crippen LogP contribution >= 0.6 is 0 Å². The fourth-order valence-corrected chi connectivity index (χ4v) is 3.59. The molecule has 0 aromatic carbocycles. The molecule has 4 heterocycles. The van der Waals surface area contributed by atoms with Crippen molar-refractivity contribution in [1.29, 1.82) is 0 Å². The number of hydrogen-bond donors (Lipinski definition) is 2. The summed E-state index contributed by atoms with van der Waals surface area (Å²) in [7, 11) is 0. The zero-order chi connectivity index (χ0) is 20.5. The van der Waals surface area contributed by atoms with Crippen LogP contribution in [0.2, 0.25) is 0 Å². The standard InChI is InChI=1S/C22H25N5O3/c1-14-8-19(20(12-24-14)30-13-18-11-23-5-7-29-18)16-4-6-27-17(9-16)10-21(26-27)25-22(28)15-2-3-15/h4,6,8-10,12,15,18,23H,2-3,5,7,11,13H2,1H3,(H,25,26,28)/t18-/m1/s1. The molecule has 2 aliphatic rings. The van der Waals surface area contributed by atoms with Crippen molar-refractivity contribution < 1.29 is 14.3 Å². The number of ether oxygens (including phenoxy) is 2. The van der Waals surface area contributed by atoms with Crippen molar-refractivity contribution in [3.8, 4) is 16.9 Å². The number of nitrogens with one attached hydrogen (secondary N) is 2. The summed E-state index contributed by atoms with van der Waals surface area (Å²) in [5.41, 5.74) is 3.79. The first-order valence-corrected chi connectivity index (χ1v) is 10.4. The molecule has 8 heteroatoms. The maximum Gasteiger partial charge on any atom is 0.228 e. The van der Waals surface area contributed by atoms with Gasteiger partial charge in [-0.15, -0.1) is 0 Å². The third kappa shape index (κ3) is 4.15. The van der Waals surface area contributed by atoms with E-state index in [4.69, 9.17) is 9.47 Å². The normalized spacial score (nSPS) is 19.0. The molecule has 30 heavy (non-hydrogen) atoms. The SMILES string of the molecule is Cc1cc(-c2ccn3nc(NC(=O)C4CC4)cc3c2)c(OC[C@H]2CNCCO2)cn1. The van der Waals surface area contributed by atoms with E-state index in [1.165, 1.54) is 0 Å². The monoisotopic (exact) mass is 407 g/mol. The lowest BCUT2D eigenvalue weighted by Gasteiger charge is -2.24. The Morgan fingerprint density at radius 1 is 1.37 bits per heavy atom. The fourth-order valence-electron chi connectivity index (χ4n) is 3.59. The van der Waals surface area contributed by atoms with E-state index in [-0.39, 0.29) is 17.9 Å². The van der Waals surface area contributed by atoms with Crippen LogP contribution in [-0.2, 0) is 9.53 Å². The summed E-state index contributed by atoms with van der Waals surface area (Å²) in [6, 6.07) is 7.94. The summed E-state index contributed by atoms with van der Waals surface area (Å²) < 4.78 is 13.6. The predicted molar refractivity (Wildman–Crippen MR) is 113 cm³/mol. The van der Waals surface area contributed by atoms with Gasteiger partial charge in [0.05, 0.1) is 18.3 Å². The van der Waals surface area contributed by atoms with E-state index in [1.54, 1.807) is 10.7 Å². The van der Waals surface area contributed by atoms with E-state index < -0.39 is 0 Å². The van der Waals surface area contributed by atoms with Crippen LogP contribution in [0.3, 0.4) is 0 Å². The van der Waals surface area contributed by atoms with Gasteiger partial charge in [0.25, 0.3) is 0 Å². The summed E-state index contributed by atoms with van der Waals surface area (Å²) in [6.45, 7) is 4.79. The van der Waals surface area contributed by atoms with E-state index in [0.717, 1.165) is 54.0 Å². The van der Waals surface area contributed by atoms with Crippen LogP contribution in [-0.4, -0.2) is 52.9 Å². The molecule has 2 N–H and O–H groups in total. The third-order valence-corrected chi connectivity index (χ3v) is 5.41. The number of rotatable bonds is 6. The number of hydrogen-bond acceptors (Lipinski definition) is 6. The lowest BCUT2D eigenvalue weighted by molar-refractivity contribution is -0.117. The highest BCUT2D eigenvalue weighted by Gasteiger charge is 2.30. The van der Waals surface area contributed by atoms with Crippen LogP contribution in [0.25, 0.3) is 16.6 Å². The van der Waals surface area contributed by atoms with Crippen molar-refractivity contribution in [3.63, 3.8) is 0 Å². The van der Waals surface area contributed by atoms with E-state index in [1.807, 2.05) is 37.4 Å². The molecule has 0 bridgehead atoms. The van der Waals surface area contributed by atoms with Crippen LogP contribution in [0.1, 0.15) is 18.5 Å². The van der Waals surface area contributed by atoms with Gasteiger partial charge in [-0.25, -0.2) is 4.52 Å². The second-order valence-corrected chi connectivity index (χ2v) is 7.91. The van der Waals surface area contributed by atoms with Crippen molar-refractivity contribution in [3.05, 3.63) is 42.4 Å². The van der Waals surface area contributed by atoms with Crippen molar-refractivity contribution in [2.24, 2.45) is 5.92 Å². The first kappa shape index (κ1) is 19.0. The van der Waals surface area contributed by atoms with E-state index >= 15 is 0 Å². The van der Waals surface area contributed by atoms with Crippen LogP contribution in [0.5, 0.6) is 5.75 Å². The molecule has 2 fully saturated rings. The first-order chi connectivity index (χ1) is 14.7. The fraction of sp³-hybridized carbons (Fsp3) is 0.409. The molecule has 1 aliphatic heterocycles. The number of aromatic nitrogens is 3. The highest BCUT2D eigenvalue weighted by molar-refractivity contribution is 5.93. The molecule has 5 rings (SSSR count). The van der Waals surface area contributed by atoms with E-state index in [0.29, 0.717) is 19.0 Å². The third-order valence-electron chi connectivity index (χ3n) is 5.41. The highest BCUT2D eigenvalue weighted by atomic mass is 16.5. The van der Waals surface area contributed by atoms with Gasteiger partial charge in [0.15, 0.2) is 5.82 Å². The van der Waals surface area contributed by atoms with Gasteiger partial charge in [-0.05, 0) is 43.5 Å². The Morgan fingerprint density at radius 2 is 2.27 bits per heavy atom. The van der Waals surface area contributed by atoms with Crippen LogP contribution in [0, 0.1) is 12.8 Å². The van der Waals surface area contributed by atoms with Crippen molar-refractivity contribution in [2.75, 3.05) is 31.6 Å². The van der Waals surface area contributed by atoms with Crippen LogP contribution in [0.4, 0.5) is 5.82 Å². The van der Waals surface area contributed by atoms with Gasteiger partial charge < -0.3 is 20.1 Å². The largest absolute Gasteiger partial charge is 0.489 e. The minimum absolute atomic E-state index is 0.0304. The average molecular weight is 407 g/mol. The summed E-state index contributed by atoms with van der Waals surface area (Å²) >= 11 is 0. The number of amides is 1. The quantitative estimate of drug-likeness (QED) is 0.652. The summed E-state index contributed by atoms with van der Waals surface area (Å²) in [4.78, 5) is 16.4. The van der Waals surface area contributed by atoms with E-state index in [2.05, 4.69) is 20.7 Å². The molecule has 1 aliphatic carbocycles.